The lowest BCUT2D eigenvalue weighted by Crippen LogP contribution is -2.14. The standard InChI is InChI=1S/C8H14N2O.H2S/c1-7-4-9-10(5-7)6-8(2)11-3;/h4-5,8H,6H2,1-3H3;1H2/t8-;/m0./s1. The highest BCUT2D eigenvalue weighted by Gasteiger charge is 2.00. The summed E-state index contributed by atoms with van der Waals surface area (Å²) in [6, 6.07) is 0. The molecule has 0 fully saturated rings. The van der Waals surface area contributed by atoms with E-state index in [0.29, 0.717) is 0 Å². The number of hydrogen-bond donors (Lipinski definition) is 0. The van der Waals surface area contributed by atoms with Crippen molar-refractivity contribution < 1.29 is 4.74 Å². The summed E-state index contributed by atoms with van der Waals surface area (Å²) in [4.78, 5) is 0. The number of aryl methyl sites for hydroxylation is 1. The van der Waals surface area contributed by atoms with E-state index >= 15 is 0 Å². The molecule has 1 atom stereocenters. The van der Waals surface area contributed by atoms with E-state index in [1.807, 2.05) is 30.9 Å². The molecule has 1 aromatic rings. The van der Waals surface area contributed by atoms with Crippen LogP contribution in [-0.4, -0.2) is 23.0 Å². The number of aromatic nitrogens is 2. The molecule has 0 aliphatic heterocycles. The van der Waals surface area contributed by atoms with Gasteiger partial charge in [0.05, 0.1) is 18.8 Å². The molecule has 3 nitrogen and oxygen atoms in total. The van der Waals surface area contributed by atoms with Crippen LogP contribution < -0.4 is 0 Å². The van der Waals surface area contributed by atoms with Gasteiger partial charge in [-0.2, -0.15) is 18.6 Å². The Bertz CT molecular complexity index is 225. The number of nitrogens with zero attached hydrogens (tertiary/aromatic N) is 2. The second-order valence-electron chi connectivity index (χ2n) is 2.79. The fraction of sp³-hybridized carbons (Fsp3) is 0.625. The molecule has 0 N–H and O–H groups in total. The zero-order valence-electron chi connectivity index (χ0n) is 7.74. The van der Waals surface area contributed by atoms with Gasteiger partial charge in [0.2, 0.25) is 0 Å². The number of methoxy groups -OCH3 is 1. The Morgan fingerprint density at radius 2 is 2.33 bits per heavy atom. The molecule has 12 heavy (non-hydrogen) atoms. The normalized spacial score (nSPS) is 12.2. The summed E-state index contributed by atoms with van der Waals surface area (Å²) in [6.45, 7) is 4.88. The van der Waals surface area contributed by atoms with E-state index < -0.39 is 0 Å². The molecule has 0 saturated carbocycles. The maximum atomic E-state index is 5.10. The average molecular weight is 188 g/mol. The lowest BCUT2D eigenvalue weighted by atomic mass is 10.4. The summed E-state index contributed by atoms with van der Waals surface area (Å²) < 4.78 is 6.99. The van der Waals surface area contributed by atoms with Crippen LogP contribution in [0, 0.1) is 6.92 Å². The van der Waals surface area contributed by atoms with Gasteiger partial charge in [-0.05, 0) is 19.4 Å². The van der Waals surface area contributed by atoms with E-state index in [0.717, 1.165) is 6.54 Å². The fourth-order valence-electron chi connectivity index (χ4n) is 0.905. The van der Waals surface area contributed by atoms with E-state index in [-0.39, 0.29) is 19.6 Å². The molecule has 0 spiro atoms. The van der Waals surface area contributed by atoms with Crippen molar-refractivity contribution in [2.45, 2.75) is 26.5 Å². The van der Waals surface area contributed by atoms with Gasteiger partial charge >= 0.3 is 0 Å². The maximum absolute atomic E-state index is 5.10. The molecule has 0 saturated heterocycles. The van der Waals surface area contributed by atoms with Crippen LogP contribution in [0.1, 0.15) is 12.5 Å². The molecule has 0 unspecified atom stereocenters. The van der Waals surface area contributed by atoms with E-state index in [2.05, 4.69) is 5.10 Å². The van der Waals surface area contributed by atoms with Crippen LogP contribution in [0.15, 0.2) is 12.4 Å². The van der Waals surface area contributed by atoms with Crippen molar-refractivity contribution in [3.63, 3.8) is 0 Å². The first kappa shape index (κ1) is 11.5. The highest BCUT2D eigenvalue weighted by atomic mass is 32.1. The third kappa shape index (κ3) is 3.28. The van der Waals surface area contributed by atoms with Crippen molar-refractivity contribution >= 4 is 13.5 Å². The third-order valence-corrected chi connectivity index (χ3v) is 1.61. The van der Waals surface area contributed by atoms with E-state index in [4.69, 9.17) is 4.74 Å². The van der Waals surface area contributed by atoms with Crippen molar-refractivity contribution in [1.29, 1.82) is 0 Å². The van der Waals surface area contributed by atoms with Gasteiger partial charge in [-0.1, -0.05) is 0 Å². The predicted molar refractivity (Wildman–Crippen MR) is 53.8 cm³/mol. The highest BCUT2D eigenvalue weighted by molar-refractivity contribution is 7.59. The van der Waals surface area contributed by atoms with Crippen molar-refractivity contribution in [2.75, 3.05) is 7.11 Å². The van der Waals surface area contributed by atoms with Crippen LogP contribution in [0.25, 0.3) is 0 Å². The van der Waals surface area contributed by atoms with Gasteiger partial charge in [-0.25, -0.2) is 0 Å². The van der Waals surface area contributed by atoms with Crippen LogP contribution in [0.5, 0.6) is 0 Å². The minimum absolute atomic E-state index is 0. The first-order valence-electron chi connectivity index (χ1n) is 3.74. The molecule has 70 valence electrons. The van der Waals surface area contributed by atoms with Crippen molar-refractivity contribution in [2.24, 2.45) is 0 Å². The van der Waals surface area contributed by atoms with Crippen LogP contribution >= 0.6 is 13.5 Å². The van der Waals surface area contributed by atoms with Gasteiger partial charge in [0, 0.05) is 13.3 Å². The van der Waals surface area contributed by atoms with Gasteiger partial charge < -0.3 is 4.74 Å². The Balaban J connectivity index is 0.00000121. The summed E-state index contributed by atoms with van der Waals surface area (Å²) in [5.74, 6) is 0. The molecule has 1 aromatic heterocycles. The maximum Gasteiger partial charge on any atom is 0.0739 e. The molecular formula is C8H16N2OS. The van der Waals surface area contributed by atoms with Gasteiger partial charge in [-0.3, -0.25) is 4.68 Å². The van der Waals surface area contributed by atoms with Crippen LogP contribution in [-0.2, 0) is 11.3 Å². The zero-order chi connectivity index (χ0) is 8.27. The first-order valence-corrected chi connectivity index (χ1v) is 3.74. The fourth-order valence-corrected chi connectivity index (χ4v) is 0.905. The molecule has 0 bridgehead atoms. The molecule has 4 heteroatoms. The minimum Gasteiger partial charge on any atom is -0.380 e. The Labute approximate surface area is 80.2 Å². The zero-order valence-corrected chi connectivity index (χ0v) is 8.74. The minimum atomic E-state index is 0. The second kappa shape index (κ2) is 5.22. The number of hydrogen-bond acceptors (Lipinski definition) is 2. The molecule has 1 rings (SSSR count). The summed E-state index contributed by atoms with van der Waals surface area (Å²) >= 11 is 0. The van der Waals surface area contributed by atoms with Gasteiger partial charge in [-0.15, -0.1) is 0 Å². The quantitative estimate of drug-likeness (QED) is 0.715. The molecule has 0 aliphatic rings. The van der Waals surface area contributed by atoms with Crippen LogP contribution in [0.2, 0.25) is 0 Å². The number of ether oxygens (including phenoxy) is 1. The van der Waals surface area contributed by atoms with E-state index in [1.54, 1.807) is 7.11 Å². The lowest BCUT2D eigenvalue weighted by molar-refractivity contribution is 0.0998. The second-order valence-corrected chi connectivity index (χ2v) is 2.79. The Kier molecular flexibility index (Phi) is 5.01. The predicted octanol–water partition coefficient (Wildman–Crippen LogP) is 1.34. The van der Waals surface area contributed by atoms with Crippen LogP contribution in [0.3, 0.4) is 0 Å². The smallest absolute Gasteiger partial charge is 0.0739 e. The largest absolute Gasteiger partial charge is 0.380 e. The lowest BCUT2D eigenvalue weighted by Gasteiger charge is -2.08. The van der Waals surface area contributed by atoms with Crippen LogP contribution in [0.4, 0.5) is 0 Å². The van der Waals surface area contributed by atoms with Crippen molar-refractivity contribution in [1.82, 2.24) is 9.78 Å². The highest BCUT2D eigenvalue weighted by Crippen LogP contribution is 1.97. The third-order valence-electron chi connectivity index (χ3n) is 1.61. The average Bonchev–Trinajstić information content (AvgIpc) is 2.35. The summed E-state index contributed by atoms with van der Waals surface area (Å²) in [6.07, 6.45) is 4.09. The van der Waals surface area contributed by atoms with Gasteiger partial charge in [0.25, 0.3) is 0 Å². The Morgan fingerprint density at radius 3 is 2.75 bits per heavy atom. The first-order chi connectivity index (χ1) is 5.22. The van der Waals surface area contributed by atoms with Crippen molar-refractivity contribution in [3.8, 4) is 0 Å². The van der Waals surface area contributed by atoms with E-state index in [9.17, 15) is 0 Å². The van der Waals surface area contributed by atoms with Gasteiger partial charge in [0.15, 0.2) is 0 Å². The molecule has 0 radical (unpaired) electrons. The van der Waals surface area contributed by atoms with Gasteiger partial charge in [0.1, 0.15) is 0 Å². The summed E-state index contributed by atoms with van der Waals surface area (Å²) in [5, 5.41) is 4.14. The molecule has 0 amide bonds. The summed E-state index contributed by atoms with van der Waals surface area (Å²) in [5.41, 5.74) is 1.19. The monoisotopic (exact) mass is 188 g/mol. The molecule has 0 aromatic carbocycles. The molecule has 0 aliphatic carbocycles. The Hall–Kier alpha value is -0.480. The Morgan fingerprint density at radius 1 is 1.67 bits per heavy atom. The number of rotatable bonds is 3. The SMILES string of the molecule is CO[C@@H](C)Cn1cc(C)cn1.S. The summed E-state index contributed by atoms with van der Waals surface area (Å²) in [7, 11) is 1.71. The molecule has 1 heterocycles. The van der Waals surface area contributed by atoms with E-state index in [1.165, 1.54) is 5.56 Å². The molecular weight excluding hydrogens is 172 g/mol. The topological polar surface area (TPSA) is 27.1 Å². The van der Waals surface area contributed by atoms with Crippen molar-refractivity contribution in [3.05, 3.63) is 18.0 Å².